The van der Waals surface area contributed by atoms with Crippen LogP contribution >= 0.6 is 0 Å². The number of hydrogen-bond acceptors (Lipinski definition) is 3. The van der Waals surface area contributed by atoms with E-state index >= 15 is 0 Å². The van der Waals surface area contributed by atoms with Gasteiger partial charge in [0.2, 0.25) is 0 Å². The van der Waals surface area contributed by atoms with Crippen LogP contribution in [0.5, 0.6) is 5.75 Å². The number of aryl methyl sites for hydroxylation is 1. The average Bonchev–Trinajstić information content (AvgIpc) is 3.44. The van der Waals surface area contributed by atoms with Gasteiger partial charge in [-0.1, -0.05) is 24.8 Å². The van der Waals surface area contributed by atoms with Gasteiger partial charge >= 0.3 is 6.03 Å². The largest absolute Gasteiger partial charge is 0.487 e. The number of nitrogens with one attached hydrogen (secondary N) is 2. The summed E-state index contributed by atoms with van der Waals surface area (Å²) in [6.07, 6.45) is 4.00. The number of ether oxygens (including phenoxy) is 1. The van der Waals surface area contributed by atoms with Crippen molar-refractivity contribution in [3.63, 3.8) is 0 Å². The zero-order valence-corrected chi connectivity index (χ0v) is 15.3. The molecule has 1 aliphatic carbocycles. The van der Waals surface area contributed by atoms with Gasteiger partial charge in [-0.05, 0) is 61.9 Å². The molecular formula is C21H25N3O2. The van der Waals surface area contributed by atoms with Crippen LogP contribution in [0.15, 0.2) is 54.7 Å². The van der Waals surface area contributed by atoms with Gasteiger partial charge in [0.15, 0.2) is 0 Å². The van der Waals surface area contributed by atoms with Gasteiger partial charge in [-0.2, -0.15) is 0 Å². The summed E-state index contributed by atoms with van der Waals surface area (Å²) in [7, 11) is 0. The predicted octanol–water partition coefficient (Wildman–Crippen LogP) is 4.62. The van der Waals surface area contributed by atoms with E-state index in [-0.39, 0.29) is 12.1 Å². The van der Waals surface area contributed by atoms with Gasteiger partial charge < -0.3 is 15.4 Å². The van der Waals surface area contributed by atoms with Gasteiger partial charge in [-0.25, -0.2) is 4.79 Å². The number of nitrogens with zero attached hydrogens (tertiary/aromatic N) is 1. The fourth-order valence-corrected chi connectivity index (χ4v) is 2.86. The highest BCUT2D eigenvalue weighted by atomic mass is 16.5. The Labute approximate surface area is 154 Å². The molecule has 0 aliphatic heterocycles. The first kappa shape index (κ1) is 18.0. The van der Waals surface area contributed by atoms with Crippen LogP contribution in [0.1, 0.15) is 37.1 Å². The molecule has 0 bridgehead atoms. The van der Waals surface area contributed by atoms with E-state index in [1.54, 1.807) is 6.20 Å². The maximum absolute atomic E-state index is 12.6. The van der Waals surface area contributed by atoms with Crippen LogP contribution in [0.3, 0.4) is 0 Å². The van der Waals surface area contributed by atoms with E-state index in [4.69, 9.17) is 4.74 Å². The molecule has 1 atom stereocenters. The van der Waals surface area contributed by atoms with E-state index < -0.39 is 0 Å². The molecule has 1 heterocycles. The number of anilines is 1. The second-order valence-electron chi connectivity index (χ2n) is 6.86. The number of benzene rings is 1. The van der Waals surface area contributed by atoms with Crippen molar-refractivity contribution >= 4 is 11.7 Å². The maximum atomic E-state index is 12.6. The number of hydrogen-bond donors (Lipinski definition) is 2. The van der Waals surface area contributed by atoms with E-state index in [1.807, 2.05) is 50.2 Å². The number of rotatable bonds is 7. The minimum atomic E-state index is -0.252. The summed E-state index contributed by atoms with van der Waals surface area (Å²) in [5.41, 5.74) is 3.59. The summed E-state index contributed by atoms with van der Waals surface area (Å²) in [6.45, 7) is 8.18. The summed E-state index contributed by atoms with van der Waals surface area (Å²) >= 11 is 0. The number of carbonyl (C=O) groups excluding carboxylic acids is 1. The second kappa shape index (κ2) is 8.04. The Morgan fingerprint density at radius 1 is 1.31 bits per heavy atom. The van der Waals surface area contributed by atoms with Crippen LogP contribution in [-0.2, 0) is 0 Å². The minimum absolute atomic E-state index is 0.0697. The van der Waals surface area contributed by atoms with Gasteiger partial charge in [-0.15, -0.1) is 0 Å². The molecule has 1 aromatic heterocycles. The van der Waals surface area contributed by atoms with Crippen molar-refractivity contribution in [2.75, 3.05) is 11.9 Å². The van der Waals surface area contributed by atoms with Crippen molar-refractivity contribution in [3.8, 4) is 5.75 Å². The Bertz CT molecular complexity index is 799. The Balaban J connectivity index is 1.70. The standard InChI is InChI=1S/C21H25N3O2/c1-14(2)13-26-18-9-5-4-8-17(18)23-21(25)24-20(16-10-11-16)19-15(3)7-6-12-22-19/h4-9,12,16,20H,1,10-11,13H2,2-3H3,(H2,23,24,25). The number of pyridine rings is 1. The molecule has 1 aromatic carbocycles. The molecule has 1 saturated carbocycles. The quantitative estimate of drug-likeness (QED) is 0.716. The van der Waals surface area contributed by atoms with E-state index in [2.05, 4.69) is 22.2 Å². The Morgan fingerprint density at radius 3 is 2.77 bits per heavy atom. The maximum Gasteiger partial charge on any atom is 0.319 e. The number of carbonyl (C=O) groups is 1. The highest BCUT2D eigenvalue weighted by Gasteiger charge is 2.35. The van der Waals surface area contributed by atoms with E-state index in [1.165, 1.54) is 0 Å². The lowest BCUT2D eigenvalue weighted by Gasteiger charge is -2.20. The molecule has 1 unspecified atom stereocenters. The molecule has 26 heavy (non-hydrogen) atoms. The van der Waals surface area contributed by atoms with Crippen molar-refractivity contribution in [2.24, 2.45) is 5.92 Å². The molecule has 5 heteroatoms. The van der Waals surface area contributed by atoms with Crippen LogP contribution in [0.4, 0.5) is 10.5 Å². The zero-order valence-electron chi connectivity index (χ0n) is 15.3. The third-order valence-corrected chi connectivity index (χ3v) is 4.33. The smallest absolute Gasteiger partial charge is 0.319 e. The van der Waals surface area contributed by atoms with Gasteiger partial charge in [-0.3, -0.25) is 4.98 Å². The average molecular weight is 351 g/mol. The van der Waals surface area contributed by atoms with Crippen LogP contribution in [0.25, 0.3) is 0 Å². The lowest BCUT2D eigenvalue weighted by molar-refractivity contribution is 0.246. The first-order valence-electron chi connectivity index (χ1n) is 8.90. The van der Waals surface area contributed by atoms with Gasteiger partial charge in [0.25, 0.3) is 0 Å². The van der Waals surface area contributed by atoms with Crippen LogP contribution in [0, 0.1) is 12.8 Å². The predicted molar refractivity (Wildman–Crippen MR) is 103 cm³/mol. The molecule has 136 valence electrons. The van der Waals surface area contributed by atoms with E-state index in [9.17, 15) is 4.79 Å². The van der Waals surface area contributed by atoms with Crippen molar-refractivity contribution in [1.29, 1.82) is 0 Å². The number of para-hydroxylation sites is 2. The molecule has 0 saturated heterocycles. The monoisotopic (exact) mass is 351 g/mol. The minimum Gasteiger partial charge on any atom is -0.487 e. The number of amides is 2. The molecule has 1 aliphatic rings. The third-order valence-electron chi connectivity index (χ3n) is 4.33. The molecule has 2 aromatic rings. The van der Waals surface area contributed by atoms with Crippen molar-refractivity contribution in [1.82, 2.24) is 10.3 Å². The second-order valence-corrected chi connectivity index (χ2v) is 6.86. The summed E-state index contributed by atoms with van der Waals surface area (Å²) in [4.78, 5) is 17.1. The van der Waals surface area contributed by atoms with E-state index in [0.29, 0.717) is 24.0 Å². The topological polar surface area (TPSA) is 63.2 Å². The van der Waals surface area contributed by atoms with Crippen LogP contribution in [0.2, 0.25) is 0 Å². The molecule has 2 N–H and O–H groups in total. The third kappa shape index (κ3) is 4.63. The van der Waals surface area contributed by atoms with Gasteiger partial charge in [0.05, 0.1) is 17.4 Å². The molecule has 0 radical (unpaired) electrons. The Hall–Kier alpha value is -2.82. The van der Waals surface area contributed by atoms with Gasteiger partial charge in [0, 0.05) is 6.20 Å². The lowest BCUT2D eigenvalue weighted by Crippen LogP contribution is -2.34. The number of urea groups is 1. The molecule has 5 nitrogen and oxygen atoms in total. The first-order valence-corrected chi connectivity index (χ1v) is 8.90. The Morgan fingerprint density at radius 2 is 2.08 bits per heavy atom. The fraction of sp³-hybridized carbons (Fsp3) is 0.333. The molecule has 1 fully saturated rings. The van der Waals surface area contributed by atoms with Crippen molar-refractivity contribution < 1.29 is 9.53 Å². The summed E-state index contributed by atoms with van der Waals surface area (Å²) < 4.78 is 5.71. The van der Waals surface area contributed by atoms with E-state index in [0.717, 1.165) is 29.7 Å². The first-order chi connectivity index (χ1) is 12.5. The fourth-order valence-electron chi connectivity index (χ4n) is 2.86. The molecule has 0 spiro atoms. The Kier molecular flexibility index (Phi) is 5.56. The normalized spacial score (nSPS) is 14.4. The van der Waals surface area contributed by atoms with Crippen LogP contribution in [-0.4, -0.2) is 17.6 Å². The molecule has 2 amide bonds. The lowest BCUT2D eigenvalue weighted by atomic mass is 10.0. The van der Waals surface area contributed by atoms with Crippen LogP contribution < -0.4 is 15.4 Å². The molecular weight excluding hydrogens is 326 g/mol. The zero-order chi connectivity index (χ0) is 18.5. The summed E-state index contributed by atoms with van der Waals surface area (Å²) in [5, 5.41) is 6.00. The highest BCUT2D eigenvalue weighted by Crippen LogP contribution is 2.41. The SMILES string of the molecule is C=C(C)COc1ccccc1NC(=O)NC(c1ncccc1C)C1CC1. The van der Waals surface area contributed by atoms with Gasteiger partial charge in [0.1, 0.15) is 12.4 Å². The highest BCUT2D eigenvalue weighted by molar-refractivity contribution is 5.91. The van der Waals surface area contributed by atoms with Crippen molar-refractivity contribution in [3.05, 3.63) is 66.0 Å². The summed E-state index contributed by atoms with van der Waals surface area (Å²) in [6, 6.07) is 11.0. The summed E-state index contributed by atoms with van der Waals surface area (Å²) in [5.74, 6) is 1.08. The van der Waals surface area contributed by atoms with Crippen molar-refractivity contribution in [2.45, 2.75) is 32.7 Å². The molecule has 3 rings (SSSR count). The number of aromatic nitrogens is 1.